The summed E-state index contributed by atoms with van der Waals surface area (Å²) in [7, 11) is 4.81. The molecule has 1 aromatic heterocycles. The Morgan fingerprint density at radius 2 is 1.66 bits per heavy atom. The first-order valence-corrected chi connectivity index (χ1v) is 13.7. The summed E-state index contributed by atoms with van der Waals surface area (Å²) >= 11 is 1.56. The van der Waals surface area contributed by atoms with E-state index in [4.69, 9.17) is 24.3 Å². The standard InChI is InChI=1S/C30H33N3O4S/c1-19(23-15-14-20-10-8-9-13-24(20)28(23)34)32-33-25(18-38-30(33)31-22-11-6-5-7-12-22)21-16-26(35-2)29(37-4)27(17-21)36-3/h8-10,13-18,22,34H,5-7,11-12H2,1-4H3. The van der Waals surface area contributed by atoms with Crippen molar-refractivity contribution in [2.24, 2.45) is 10.1 Å². The minimum Gasteiger partial charge on any atom is -0.507 e. The molecule has 0 bridgehead atoms. The summed E-state index contributed by atoms with van der Waals surface area (Å²) < 4.78 is 18.6. The largest absolute Gasteiger partial charge is 0.507 e. The van der Waals surface area contributed by atoms with Crippen LogP contribution in [0, 0.1) is 0 Å². The molecule has 0 saturated heterocycles. The molecule has 7 nitrogen and oxygen atoms in total. The Hall–Kier alpha value is -3.78. The Morgan fingerprint density at radius 3 is 2.34 bits per heavy atom. The fraction of sp³-hybridized carbons (Fsp3) is 0.333. The molecule has 3 aromatic carbocycles. The minimum absolute atomic E-state index is 0.222. The van der Waals surface area contributed by atoms with E-state index in [2.05, 4.69) is 5.38 Å². The summed E-state index contributed by atoms with van der Waals surface area (Å²) in [6.45, 7) is 1.91. The molecular weight excluding hydrogens is 498 g/mol. The third kappa shape index (κ3) is 5.00. The smallest absolute Gasteiger partial charge is 0.206 e. The maximum atomic E-state index is 11.1. The number of phenols is 1. The van der Waals surface area contributed by atoms with Gasteiger partial charge in [-0.3, -0.25) is 4.99 Å². The summed E-state index contributed by atoms with van der Waals surface area (Å²) in [6.07, 6.45) is 5.85. The van der Waals surface area contributed by atoms with Gasteiger partial charge in [-0.05, 0) is 43.4 Å². The molecule has 0 unspecified atom stereocenters. The number of benzene rings is 3. The van der Waals surface area contributed by atoms with Crippen molar-refractivity contribution < 1.29 is 19.3 Å². The number of hydrogen-bond donors (Lipinski definition) is 1. The van der Waals surface area contributed by atoms with Crippen LogP contribution in [0.25, 0.3) is 22.0 Å². The summed E-state index contributed by atoms with van der Waals surface area (Å²) in [5.41, 5.74) is 3.08. The highest BCUT2D eigenvalue weighted by Crippen LogP contribution is 2.41. The van der Waals surface area contributed by atoms with Crippen molar-refractivity contribution in [3.05, 3.63) is 64.3 Å². The van der Waals surface area contributed by atoms with Crippen molar-refractivity contribution in [2.75, 3.05) is 21.3 Å². The van der Waals surface area contributed by atoms with Gasteiger partial charge in [-0.2, -0.15) is 5.10 Å². The molecule has 1 aliphatic carbocycles. The molecule has 0 aliphatic heterocycles. The molecular formula is C30H33N3O4S. The number of ether oxygens (including phenoxy) is 3. The second-order valence-corrected chi connectivity index (χ2v) is 10.3. The molecule has 0 spiro atoms. The monoisotopic (exact) mass is 531 g/mol. The lowest BCUT2D eigenvalue weighted by atomic mass is 9.96. The predicted octanol–water partition coefficient (Wildman–Crippen LogP) is 6.61. The number of phenolic OH excluding ortho intramolecular Hbond substituents is 1. The fourth-order valence-electron chi connectivity index (χ4n) is 5.03. The van der Waals surface area contributed by atoms with E-state index in [-0.39, 0.29) is 11.8 Å². The van der Waals surface area contributed by atoms with Crippen LogP contribution in [0.2, 0.25) is 0 Å². The van der Waals surface area contributed by atoms with Crippen molar-refractivity contribution in [3.63, 3.8) is 0 Å². The second-order valence-electron chi connectivity index (χ2n) is 9.42. The summed E-state index contributed by atoms with van der Waals surface area (Å²) in [6, 6.07) is 15.8. The van der Waals surface area contributed by atoms with Gasteiger partial charge in [0.25, 0.3) is 0 Å². The molecule has 0 radical (unpaired) electrons. The zero-order valence-corrected chi connectivity index (χ0v) is 23.0. The molecule has 4 aromatic rings. The Labute approximate surface area is 226 Å². The molecule has 198 valence electrons. The zero-order valence-electron chi connectivity index (χ0n) is 22.2. The highest BCUT2D eigenvalue weighted by molar-refractivity contribution is 7.07. The van der Waals surface area contributed by atoms with Crippen LogP contribution < -0.4 is 19.0 Å². The number of rotatable bonds is 7. The van der Waals surface area contributed by atoms with Gasteiger partial charge >= 0.3 is 0 Å². The van der Waals surface area contributed by atoms with Gasteiger partial charge < -0.3 is 19.3 Å². The normalized spacial score (nSPS) is 15.2. The highest BCUT2D eigenvalue weighted by Gasteiger charge is 2.19. The third-order valence-electron chi connectivity index (χ3n) is 7.05. The van der Waals surface area contributed by atoms with Crippen LogP contribution in [0.15, 0.2) is 64.0 Å². The lowest BCUT2D eigenvalue weighted by molar-refractivity contribution is 0.324. The number of nitrogens with zero attached hydrogens (tertiary/aromatic N) is 3. The summed E-state index contributed by atoms with van der Waals surface area (Å²) in [5, 5.41) is 20.0. The zero-order chi connectivity index (χ0) is 26.6. The topological polar surface area (TPSA) is 77.6 Å². The van der Waals surface area contributed by atoms with E-state index in [1.807, 2.05) is 60.1 Å². The van der Waals surface area contributed by atoms with E-state index < -0.39 is 0 Å². The second kappa shape index (κ2) is 11.3. The predicted molar refractivity (Wildman–Crippen MR) is 153 cm³/mol. The Kier molecular flexibility index (Phi) is 7.69. The molecule has 5 rings (SSSR count). The number of aromatic hydroxyl groups is 1. The molecule has 0 amide bonds. The Morgan fingerprint density at radius 1 is 0.947 bits per heavy atom. The third-order valence-corrected chi connectivity index (χ3v) is 7.88. The number of thiazole rings is 1. The van der Waals surface area contributed by atoms with E-state index >= 15 is 0 Å². The first-order valence-electron chi connectivity index (χ1n) is 12.9. The quantitative estimate of drug-likeness (QED) is 0.272. The van der Waals surface area contributed by atoms with Crippen molar-refractivity contribution in [2.45, 2.75) is 45.1 Å². The van der Waals surface area contributed by atoms with Crippen LogP contribution in [0.4, 0.5) is 0 Å². The molecule has 38 heavy (non-hydrogen) atoms. The minimum atomic E-state index is 0.222. The van der Waals surface area contributed by atoms with E-state index in [0.717, 1.165) is 39.7 Å². The lowest BCUT2D eigenvalue weighted by Gasteiger charge is -2.17. The molecule has 1 fully saturated rings. The number of aromatic nitrogens is 1. The maximum absolute atomic E-state index is 11.1. The van der Waals surface area contributed by atoms with E-state index in [1.165, 1.54) is 19.3 Å². The van der Waals surface area contributed by atoms with Gasteiger partial charge in [0, 0.05) is 21.9 Å². The lowest BCUT2D eigenvalue weighted by Crippen LogP contribution is -2.19. The Balaban J connectivity index is 1.69. The van der Waals surface area contributed by atoms with Crippen LogP contribution in [0.1, 0.15) is 44.6 Å². The number of hydrogen-bond acceptors (Lipinski definition) is 7. The highest BCUT2D eigenvalue weighted by atomic mass is 32.1. The first-order chi connectivity index (χ1) is 18.5. The average Bonchev–Trinajstić information content (AvgIpc) is 3.34. The van der Waals surface area contributed by atoms with Gasteiger partial charge in [-0.15, -0.1) is 11.3 Å². The van der Waals surface area contributed by atoms with Gasteiger partial charge in [0.2, 0.25) is 10.6 Å². The molecule has 1 aliphatic rings. The summed E-state index contributed by atoms with van der Waals surface area (Å²) in [4.78, 5) is 5.95. The van der Waals surface area contributed by atoms with E-state index in [1.54, 1.807) is 32.7 Å². The van der Waals surface area contributed by atoms with Gasteiger partial charge in [0.1, 0.15) is 5.75 Å². The van der Waals surface area contributed by atoms with Crippen molar-refractivity contribution in [3.8, 4) is 34.3 Å². The molecule has 1 heterocycles. The van der Waals surface area contributed by atoms with Crippen LogP contribution in [0.5, 0.6) is 23.0 Å². The number of methoxy groups -OCH3 is 3. The van der Waals surface area contributed by atoms with Gasteiger partial charge in [0.05, 0.1) is 38.8 Å². The average molecular weight is 532 g/mol. The van der Waals surface area contributed by atoms with E-state index in [0.29, 0.717) is 28.5 Å². The van der Waals surface area contributed by atoms with Gasteiger partial charge in [-0.25, -0.2) is 4.68 Å². The van der Waals surface area contributed by atoms with Gasteiger partial charge in [0.15, 0.2) is 11.5 Å². The maximum Gasteiger partial charge on any atom is 0.206 e. The number of fused-ring (bicyclic) bond motifs is 1. The van der Waals surface area contributed by atoms with Crippen molar-refractivity contribution in [1.29, 1.82) is 0 Å². The summed E-state index contributed by atoms with van der Waals surface area (Å²) in [5.74, 6) is 1.89. The SMILES string of the molecule is COc1cc(-c2csc(=NC3CCCCC3)n2N=C(C)c2ccc3ccccc3c2O)cc(OC)c1OC. The van der Waals surface area contributed by atoms with E-state index in [9.17, 15) is 5.11 Å². The first kappa shape index (κ1) is 25.9. The van der Waals surface area contributed by atoms with Crippen molar-refractivity contribution >= 4 is 27.8 Å². The van der Waals surface area contributed by atoms with Crippen LogP contribution >= 0.6 is 11.3 Å². The van der Waals surface area contributed by atoms with Crippen molar-refractivity contribution in [1.82, 2.24) is 4.68 Å². The Bertz CT molecular complexity index is 1520. The van der Waals surface area contributed by atoms with Crippen LogP contribution in [0.3, 0.4) is 0 Å². The molecule has 8 heteroatoms. The van der Waals surface area contributed by atoms with Crippen LogP contribution in [-0.2, 0) is 0 Å². The van der Waals surface area contributed by atoms with Gasteiger partial charge in [-0.1, -0.05) is 49.6 Å². The molecule has 1 N–H and O–H groups in total. The molecule has 1 saturated carbocycles. The molecule has 0 atom stereocenters. The van der Waals surface area contributed by atoms with Crippen LogP contribution in [-0.4, -0.2) is 42.9 Å². The fourth-order valence-corrected chi connectivity index (χ4v) is 5.93.